The van der Waals surface area contributed by atoms with Gasteiger partial charge in [0, 0.05) is 27.7 Å². The topological polar surface area (TPSA) is 86.9 Å². The summed E-state index contributed by atoms with van der Waals surface area (Å²) < 4.78 is 25.5. The average Bonchev–Trinajstić information content (AvgIpc) is 2.35. The zero-order valence-electron chi connectivity index (χ0n) is 12.4. The molecule has 7 heteroatoms. The van der Waals surface area contributed by atoms with E-state index < -0.39 is 16.1 Å². The zero-order valence-corrected chi connectivity index (χ0v) is 13.2. The molecule has 0 amide bonds. The molecule has 0 heterocycles. The van der Waals surface area contributed by atoms with Crippen LogP contribution in [0, 0.1) is 0 Å². The van der Waals surface area contributed by atoms with Gasteiger partial charge in [-0.25, -0.2) is 12.7 Å². The Bertz CT molecular complexity index is 556. The van der Waals surface area contributed by atoms with Crippen LogP contribution in [0.4, 0.5) is 11.4 Å². The third-order valence-corrected chi connectivity index (χ3v) is 4.97. The summed E-state index contributed by atoms with van der Waals surface area (Å²) >= 11 is 0. The van der Waals surface area contributed by atoms with E-state index >= 15 is 0 Å². The molecule has 0 aliphatic rings. The van der Waals surface area contributed by atoms with Crippen molar-refractivity contribution in [2.75, 3.05) is 38.3 Å². The van der Waals surface area contributed by atoms with Gasteiger partial charge in [0.25, 0.3) is 0 Å². The van der Waals surface area contributed by atoms with E-state index in [2.05, 4.69) is 0 Å². The molecule has 6 nitrogen and oxygen atoms in total. The van der Waals surface area contributed by atoms with Crippen molar-refractivity contribution < 1.29 is 13.5 Å². The molecule has 3 N–H and O–H groups in total. The first-order valence-corrected chi connectivity index (χ1v) is 7.82. The number of nitrogens with zero attached hydrogens (tertiary/aromatic N) is 2. The third kappa shape index (κ3) is 3.62. The Kier molecular flexibility index (Phi) is 5.38. The first kappa shape index (κ1) is 16.7. The number of aliphatic hydroxyl groups excluding tert-OH is 1. The van der Waals surface area contributed by atoms with Gasteiger partial charge in [-0.1, -0.05) is 6.07 Å². The van der Waals surface area contributed by atoms with E-state index in [1.165, 1.54) is 20.2 Å². The largest absolute Gasteiger partial charge is 0.396 e. The fourth-order valence-electron chi connectivity index (χ4n) is 1.79. The molecule has 0 aliphatic carbocycles. The number of anilines is 2. The number of nitrogen functional groups attached to an aromatic ring is 1. The molecule has 1 rings (SSSR count). The Morgan fingerprint density at radius 3 is 2.40 bits per heavy atom. The van der Waals surface area contributed by atoms with Crippen molar-refractivity contribution in [3.63, 3.8) is 0 Å². The van der Waals surface area contributed by atoms with E-state index in [9.17, 15) is 13.5 Å². The van der Waals surface area contributed by atoms with Crippen LogP contribution in [-0.4, -0.2) is 51.6 Å². The average molecular weight is 301 g/mol. The van der Waals surface area contributed by atoms with Crippen LogP contribution in [0.2, 0.25) is 0 Å². The lowest BCUT2D eigenvalue weighted by Gasteiger charge is -2.23. The smallest absolute Gasteiger partial charge is 0.244 e. The number of benzene rings is 1. The van der Waals surface area contributed by atoms with Gasteiger partial charge < -0.3 is 15.7 Å². The first-order valence-electron chi connectivity index (χ1n) is 6.38. The van der Waals surface area contributed by atoms with Crippen LogP contribution in [0.3, 0.4) is 0 Å². The zero-order chi connectivity index (χ0) is 15.5. The van der Waals surface area contributed by atoms with Gasteiger partial charge in [-0.2, -0.15) is 0 Å². The fourth-order valence-corrected chi connectivity index (χ4v) is 2.81. The number of aliphatic hydroxyl groups is 1. The van der Waals surface area contributed by atoms with Crippen molar-refractivity contribution >= 4 is 21.4 Å². The van der Waals surface area contributed by atoms with Crippen molar-refractivity contribution in [2.24, 2.45) is 0 Å². The van der Waals surface area contributed by atoms with E-state index in [4.69, 9.17) is 5.73 Å². The monoisotopic (exact) mass is 301 g/mol. The Labute approximate surface area is 120 Å². The van der Waals surface area contributed by atoms with Gasteiger partial charge in [-0.05, 0) is 25.5 Å². The number of hydrogen-bond donors (Lipinski definition) is 2. The minimum atomic E-state index is -3.56. The molecular formula is C13H23N3O3S. The van der Waals surface area contributed by atoms with Crippen molar-refractivity contribution in [1.29, 1.82) is 0 Å². The van der Waals surface area contributed by atoms with E-state index in [-0.39, 0.29) is 10.6 Å². The summed E-state index contributed by atoms with van der Waals surface area (Å²) in [6, 6.07) is 4.93. The van der Waals surface area contributed by atoms with Crippen molar-refractivity contribution in [3.05, 3.63) is 18.2 Å². The number of nitrogens with two attached hydrogens (primary N) is 1. The van der Waals surface area contributed by atoms with Crippen LogP contribution in [0.15, 0.2) is 23.1 Å². The van der Waals surface area contributed by atoms with E-state index in [0.717, 1.165) is 4.31 Å². The fraction of sp³-hybridized carbons (Fsp3) is 0.538. The summed E-state index contributed by atoms with van der Waals surface area (Å²) in [5.41, 5.74) is 6.88. The van der Waals surface area contributed by atoms with Crippen LogP contribution in [0.25, 0.3) is 0 Å². The van der Waals surface area contributed by atoms with Gasteiger partial charge in [0.15, 0.2) is 0 Å². The number of sulfonamides is 1. The second-order valence-electron chi connectivity index (χ2n) is 5.04. The van der Waals surface area contributed by atoms with Gasteiger partial charge >= 0.3 is 0 Å². The lowest BCUT2D eigenvalue weighted by molar-refractivity contribution is 0.187. The SMILES string of the molecule is CC(O)CCN(C)c1cccc(S(=O)(=O)N(C)C)c1N. The third-order valence-electron chi connectivity index (χ3n) is 3.10. The van der Waals surface area contributed by atoms with Crippen LogP contribution in [-0.2, 0) is 10.0 Å². The Morgan fingerprint density at radius 2 is 1.90 bits per heavy atom. The molecule has 114 valence electrons. The predicted molar refractivity (Wildman–Crippen MR) is 81.3 cm³/mol. The predicted octanol–water partition coefficient (Wildman–Crippen LogP) is 0.726. The summed E-state index contributed by atoms with van der Waals surface area (Å²) in [6.45, 7) is 2.30. The molecule has 1 unspecified atom stereocenters. The maximum Gasteiger partial charge on any atom is 0.244 e. The summed E-state index contributed by atoms with van der Waals surface area (Å²) in [7, 11) is 1.20. The standard InChI is InChI=1S/C13H23N3O3S/c1-10(17)8-9-16(4)11-6-5-7-12(13(11)14)20(18,19)15(2)3/h5-7,10,17H,8-9,14H2,1-4H3. The lowest BCUT2D eigenvalue weighted by Crippen LogP contribution is -2.26. The highest BCUT2D eigenvalue weighted by atomic mass is 32.2. The second-order valence-corrected chi connectivity index (χ2v) is 7.16. The van der Waals surface area contributed by atoms with E-state index in [0.29, 0.717) is 18.7 Å². The molecule has 0 aliphatic heterocycles. The van der Waals surface area contributed by atoms with Crippen molar-refractivity contribution in [2.45, 2.75) is 24.3 Å². The highest BCUT2D eigenvalue weighted by molar-refractivity contribution is 7.89. The number of hydrogen-bond acceptors (Lipinski definition) is 5. The molecule has 0 radical (unpaired) electrons. The van der Waals surface area contributed by atoms with Crippen molar-refractivity contribution in [3.8, 4) is 0 Å². The minimum absolute atomic E-state index is 0.101. The number of rotatable bonds is 6. The summed E-state index contributed by atoms with van der Waals surface area (Å²) in [5.74, 6) is 0. The van der Waals surface area contributed by atoms with Crippen LogP contribution in [0.1, 0.15) is 13.3 Å². The summed E-state index contributed by atoms with van der Waals surface area (Å²) in [4.78, 5) is 1.94. The molecule has 0 saturated heterocycles. The van der Waals surface area contributed by atoms with Gasteiger partial charge in [0.1, 0.15) is 4.90 Å². The minimum Gasteiger partial charge on any atom is -0.396 e. The van der Waals surface area contributed by atoms with E-state index in [1.54, 1.807) is 19.1 Å². The maximum atomic E-state index is 12.2. The molecule has 0 fully saturated rings. The Balaban J connectivity index is 3.14. The number of para-hydroxylation sites is 1. The normalized spacial score (nSPS) is 13.5. The molecule has 1 aromatic rings. The highest BCUT2D eigenvalue weighted by Crippen LogP contribution is 2.30. The first-order chi connectivity index (χ1) is 9.17. The molecule has 20 heavy (non-hydrogen) atoms. The molecule has 1 aromatic carbocycles. The van der Waals surface area contributed by atoms with Crippen LogP contribution in [0.5, 0.6) is 0 Å². The van der Waals surface area contributed by atoms with Crippen molar-refractivity contribution in [1.82, 2.24) is 4.31 Å². The van der Waals surface area contributed by atoms with Gasteiger partial charge in [-0.15, -0.1) is 0 Å². The molecule has 0 aromatic heterocycles. The second kappa shape index (κ2) is 6.43. The summed E-state index contributed by atoms with van der Waals surface area (Å²) in [5, 5.41) is 9.31. The molecule has 0 spiro atoms. The van der Waals surface area contributed by atoms with Gasteiger partial charge in [-0.3, -0.25) is 0 Å². The van der Waals surface area contributed by atoms with Gasteiger partial charge in [0.2, 0.25) is 10.0 Å². The molecule has 0 saturated carbocycles. The Morgan fingerprint density at radius 1 is 1.30 bits per heavy atom. The molecule has 0 bridgehead atoms. The highest BCUT2D eigenvalue weighted by Gasteiger charge is 2.22. The van der Waals surface area contributed by atoms with Crippen LogP contribution >= 0.6 is 0 Å². The quantitative estimate of drug-likeness (QED) is 0.756. The van der Waals surface area contributed by atoms with Crippen LogP contribution < -0.4 is 10.6 Å². The van der Waals surface area contributed by atoms with Gasteiger partial charge in [0.05, 0.1) is 17.5 Å². The maximum absolute atomic E-state index is 12.2. The molecule has 1 atom stereocenters. The van der Waals surface area contributed by atoms with E-state index in [1.807, 2.05) is 11.9 Å². The Hall–Kier alpha value is -1.31. The summed E-state index contributed by atoms with van der Waals surface area (Å²) in [6.07, 6.45) is 0.174. The lowest BCUT2D eigenvalue weighted by atomic mass is 10.2. The molecular weight excluding hydrogens is 278 g/mol.